The molecular weight excluding hydrogens is 309 g/mol. The van der Waals surface area contributed by atoms with Crippen molar-refractivity contribution < 1.29 is 24.8 Å². The first-order valence-corrected chi connectivity index (χ1v) is 5.02. The fourth-order valence-electron chi connectivity index (χ4n) is 0.787. The molecule has 14 heavy (non-hydrogen) atoms. The van der Waals surface area contributed by atoms with Crippen LogP contribution in [0.25, 0.3) is 0 Å². The van der Waals surface area contributed by atoms with E-state index in [9.17, 15) is 0 Å². The van der Waals surface area contributed by atoms with Crippen LogP contribution in [0.4, 0.5) is 0 Å². The maximum absolute atomic E-state index is 5.63. The average molecular weight is 315 g/mol. The van der Waals surface area contributed by atoms with E-state index in [1.54, 1.807) is 24.3 Å². The van der Waals surface area contributed by atoms with Crippen LogP contribution in [0.5, 0.6) is 0 Å². The van der Waals surface area contributed by atoms with E-state index in [4.69, 9.17) is 46.4 Å². The minimum absolute atomic E-state index is 0. The second kappa shape index (κ2) is 8.15. The quantitative estimate of drug-likeness (QED) is 0.592. The number of hydrogen-bond donors (Lipinski definition) is 0. The van der Waals surface area contributed by atoms with Gasteiger partial charge in [0.1, 0.15) is 9.67 Å². The summed E-state index contributed by atoms with van der Waals surface area (Å²) in [5.74, 6) is 0. The van der Waals surface area contributed by atoms with Crippen molar-refractivity contribution in [1.82, 2.24) is 0 Å². The second-order valence-corrected chi connectivity index (χ2v) is 4.46. The second-order valence-electron chi connectivity index (χ2n) is 2.27. The molecule has 82 valence electrons. The third kappa shape index (κ3) is 5.16. The lowest BCUT2D eigenvalue weighted by atomic mass is 10.2. The monoisotopic (exact) mass is 312 g/mol. The Morgan fingerprint density at radius 1 is 0.643 bits per heavy atom. The Bertz CT molecular complexity index is 216. The van der Waals surface area contributed by atoms with Crippen LogP contribution < -0.4 is 24.8 Å². The molecule has 0 aliphatic carbocycles. The first kappa shape index (κ1) is 17.4. The molecule has 1 aromatic carbocycles. The first-order chi connectivity index (χ1) is 5.61. The summed E-state index contributed by atoms with van der Waals surface area (Å²) in [5, 5.41) is 0. The third-order valence-electron chi connectivity index (χ3n) is 1.44. The molecule has 0 aliphatic rings. The summed E-state index contributed by atoms with van der Waals surface area (Å²) in [6.45, 7) is 0. The molecule has 0 N–H and O–H groups in total. The Morgan fingerprint density at radius 2 is 0.857 bits per heavy atom. The van der Waals surface area contributed by atoms with Crippen molar-refractivity contribution in [3.05, 3.63) is 35.4 Å². The van der Waals surface area contributed by atoms with Crippen LogP contribution in [0.3, 0.4) is 0 Å². The molecular formula is C8H6Cl6-2. The number of rotatable bonds is 2. The van der Waals surface area contributed by atoms with Gasteiger partial charge in [-0.25, -0.2) is 0 Å². The zero-order chi connectivity index (χ0) is 9.14. The van der Waals surface area contributed by atoms with Crippen LogP contribution in [0.15, 0.2) is 24.3 Å². The van der Waals surface area contributed by atoms with Crippen LogP contribution >= 0.6 is 46.4 Å². The molecule has 0 saturated carbocycles. The van der Waals surface area contributed by atoms with Gasteiger partial charge in [-0.3, -0.25) is 0 Å². The van der Waals surface area contributed by atoms with Gasteiger partial charge in [0.05, 0.1) is 0 Å². The van der Waals surface area contributed by atoms with Gasteiger partial charge in [-0.05, 0) is 11.1 Å². The lowest BCUT2D eigenvalue weighted by molar-refractivity contribution is -0.001000. The fraction of sp³-hybridized carbons (Fsp3) is 0.250. The predicted molar refractivity (Wildman–Crippen MR) is 55.3 cm³/mol. The smallest absolute Gasteiger partial charge is 0.132 e. The summed E-state index contributed by atoms with van der Waals surface area (Å²) in [6.07, 6.45) is 0. The van der Waals surface area contributed by atoms with Crippen LogP contribution in [0.2, 0.25) is 0 Å². The van der Waals surface area contributed by atoms with E-state index in [-0.39, 0.29) is 24.8 Å². The highest BCUT2D eigenvalue weighted by atomic mass is 35.5. The highest BCUT2D eigenvalue weighted by Crippen LogP contribution is 2.28. The van der Waals surface area contributed by atoms with Crippen molar-refractivity contribution in [3.8, 4) is 0 Å². The Labute approximate surface area is 116 Å². The molecule has 0 saturated heterocycles. The Balaban J connectivity index is 0. The summed E-state index contributed by atoms with van der Waals surface area (Å²) >= 11 is 22.5. The van der Waals surface area contributed by atoms with Gasteiger partial charge < -0.3 is 24.8 Å². The van der Waals surface area contributed by atoms with Gasteiger partial charge in [-0.2, -0.15) is 0 Å². The highest BCUT2D eigenvalue weighted by Gasteiger charge is 2.05. The van der Waals surface area contributed by atoms with Crippen molar-refractivity contribution >= 4 is 46.4 Å². The lowest BCUT2D eigenvalue weighted by Crippen LogP contribution is -3.00. The number of benzene rings is 1. The molecule has 0 amide bonds. The van der Waals surface area contributed by atoms with Gasteiger partial charge in [-0.15, -0.1) is 46.4 Å². The molecule has 0 atom stereocenters. The maximum Gasteiger partial charge on any atom is 0.132 e. The Morgan fingerprint density at radius 3 is 1.00 bits per heavy atom. The molecule has 0 radical (unpaired) electrons. The van der Waals surface area contributed by atoms with Crippen LogP contribution in [0.1, 0.15) is 20.8 Å². The molecule has 1 rings (SSSR count). The van der Waals surface area contributed by atoms with Gasteiger partial charge in [0.15, 0.2) is 0 Å². The molecule has 0 bridgehead atoms. The SMILES string of the molecule is ClC(Cl)c1ccc(C(Cl)Cl)cc1.[Cl-].[Cl-]. The molecule has 6 heteroatoms. The van der Waals surface area contributed by atoms with Gasteiger partial charge in [0.25, 0.3) is 0 Å². The lowest BCUT2D eigenvalue weighted by Gasteiger charge is -2.04. The normalized spacial score (nSPS) is 9.57. The van der Waals surface area contributed by atoms with Crippen LogP contribution in [-0.2, 0) is 0 Å². The van der Waals surface area contributed by atoms with Gasteiger partial charge >= 0.3 is 0 Å². The Hall–Kier alpha value is 0.960. The maximum atomic E-state index is 5.63. The largest absolute Gasteiger partial charge is 1.00 e. The molecule has 0 aromatic heterocycles. The average Bonchev–Trinajstić information content (AvgIpc) is 2.04. The van der Waals surface area contributed by atoms with Gasteiger partial charge in [-0.1, -0.05) is 24.3 Å². The number of halogens is 6. The first-order valence-electron chi connectivity index (χ1n) is 3.27. The predicted octanol–water partition coefficient (Wildman–Crippen LogP) is -1.35. The minimum atomic E-state index is -0.497. The number of hydrogen-bond acceptors (Lipinski definition) is 0. The minimum Gasteiger partial charge on any atom is -1.00 e. The highest BCUT2D eigenvalue weighted by molar-refractivity contribution is 6.44. The Kier molecular flexibility index (Phi) is 10.1. The zero-order valence-corrected chi connectivity index (χ0v) is 11.3. The topological polar surface area (TPSA) is 0 Å². The van der Waals surface area contributed by atoms with Crippen molar-refractivity contribution in [3.63, 3.8) is 0 Å². The van der Waals surface area contributed by atoms with E-state index in [0.717, 1.165) is 11.1 Å². The fourth-order valence-corrected chi connectivity index (χ4v) is 1.37. The molecule has 0 fully saturated rings. The van der Waals surface area contributed by atoms with E-state index in [2.05, 4.69) is 0 Å². The van der Waals surface area contributed by atoms with E-state index >= 15 is 0 Å². The molecule has 0 unspecified atom stereocenters. The molecule has 0 spiro atoms. The van der Waals surface area contributed by atoms with E-state index in [1.807, 2.05) is 0 Å². The van der Waals surface area contributed by atoms with Gasteiger partial charge in [0, 0.05) is 0 Å². The summed E-state index contributed by atoms with van der Waals surface area (Å²) in [7, 11) is 0. The van der Waals surface area contributed by atoms with Crippen LogP contribution in [-0.4, -0.2) is 0 Å². The molecule has 0 aliphatic heterocycles. The van der Waals surface area contributed by atoms with Crippen molar-refractivity contribution in [2.75, 3.05) is 0 Å². The summed E-state index contributed by atoms with van der Waals surface area (Å²) in [6, 6.07) is 7.21. The third-order valence-corrected chi connectivity index (χ3v) is 2.45. The van der Waals surface area contributed by atoms with E-state index < -0.39 is 9.67 Å². The van der Waals surface area contributed by atoms with Crippen molar-refractivity contribution in [2.24, 2.45) is 0 Å². The summed E-state index contributed by atoms with van der Waals surface area (Å²) < 4.78 is 0. The van der Waals surface area contributed by atoms with Crippen molar-refractivity contribution in [2.45, 2.75) is 9.67 Å². The zero-order valence-electron chi connectivity index (χ0n) is 6.73. The molecule has 0 nitrogen and oxygen atoms in total. The van der Waals surface area contributed by atoms with Crippen LogP contribution in [0, 0.1) is 0 Å². The van der Waals surface area contributed by atoms with Gasteiger partial charge in [0.2, 0.25) is 0 Å². The standard InChI is InChI=1S/C8H6Cl4.2ClH/c9-7(10)5-1-2-6(4-3-5)8(11)12;;/h1-4,7-8H;2*1H/p-2. The van der Waals surface area contributed by atoms with E-state index in [0.29, 0.717) is 0 Å². The summed E-state index contributed by atoms with van der Waals surface area (Å²) in [5.41, 5.74) is 1.69. The van der Waals surface area contributed by atoms with E-state index in [1.165, 1.54) is 0 Å². The summed E-state index contributed by atoms with van der Waals surface area (Å²) in [4.78, 5) is -0.994. The molecule has 1 aromatic rings. The van der Waals surface area contributed by atoms with Crippen molar-refractivity contribution in [1.29, 1.82) is 0 Å². The molecule has 0 heterocycles. The number of alkyl halides is 4.